The molecule has 0 saturated heterocycles. The minimum absolute atomic E-state index is 0.0201. The van der Waals surface area contributed by atoms with Crippen LogP contribution < -0.4 is 5.56 Å². The number of hydrogen-bond acceptors (Lipinski definition) is 4. The summed E-state index contributed by atoms with van der Waals surface area (Å²) in [5.41, 5.74) is 1.70. The van der Waals surface area contributed by atoms with E-state index in [4.69, 9.17) is 4.74 Å². The maximum absolute atomic E-state index is 12.1. The normalized spacial score (nSPS) is 10.5. The largest absolute Gasteiger partial charge is 0.462 e. The van der Waals surface area contributed by atoms with Gasteiger partial charge in [-0.15, -0.1) is 0 Å². The number of aromatic amines is 1. The van der Waals surface area contributed by atoms with E-state index in [-0.39, 0.29) is 5.56 Å². The number of esters is 1. The van der Waals surface area contributed by atoms with Crippen molar-refractivity contribution < 1.29 is 9.53 Å². The fraction of sp³-hybridized carbons (Fsp3) is 0.389. The molecule has 5 heteroatoms. The van der Waals surface area contributed by atoms with Crippen LogP contribution in [0.3, 0.4) is 0 Å². The number of rotatable bonds is 7. The lowest BCUT2D eigenvalue weighted by molar-refractivity contribution is 0.0495. The van der Waals surface area contributed by atoms with Crippen LogP contribution >= 0.6 is 0 Å². The first-order valence-corrected chi connectivity index (χ1v) is 7.96. The average Bonchev–Trinajstić information content (AvgIpc) is 2.55. The molecule has 0 aliphatic carbocycles. The lowest BCUT2D eigenvalue weighted by Crippen LogP contribution is -2.21. The van der Waals surface area contributed by atoms with Gasteiger partial charge in [0.15, 0.2) is 0 Å². The van der Waals surface area contributed by atoms with Crippen molar-refractivity contribution in [3.05, 3.63) is 52.1 Å². The number of pyridine rings is 2. The molecule has 0 fully saturated rings. The van der Waals surface area contributed by atoms with E-state index >= 15 is 0 Å². The zero-order valence-corrected chi connectivity index (χ0v) is 13.6. The number of unbranched alkanes of at least 4 members (excludes halogenated alkanes) is 3. The van der Waals surface area contributed by atoms with Gasteiger partial charge >= 0.3 is 5.97 Å². The summed E-state index contributed by atoms with van der Waals surface area (Å²) in [7, 11) is 0. The summed E-state index contributed by atoms with van der Waals surface area (Å²) in [4.78, 5) is 31.1. The second-order valence-corrected chi connectivity index (χ2v) is 5.46. The van der Waals surface area contributed by atoms with Crippen LogP contribution in [0, 0.1) is 6.92 Å². The lowest BCUT2D eigenvalue weighted by atomic mass is 10.1. The van der Waals surface area contributed by atoms with Gasteiger partial charge in [0, 0.05) is 17.5 Å². The number of carbonyl (C=O) groups is 1. The molecule has 2 heterocycles. The van der Waals surface area contributed by atoms with Gasteiger partial charge in [-0.1, -0.05) is 32.3 Å². The van der Waals surface area contributed by atoms with E-state index in [1.54, 1.807) is 19.2 Å². The first-order valence-electron chi connectivity index (χ1n) is 7.96. The van der Waals surface area contributed by atoms with Gasteiger partial charge in [0.1, 0.15) is 5.56 Å². The smallest absolute Gasteiger partial charge is 0.343 e. The van der Waals surface area contributed by atoms with Crippen molar-refractivity contribution in [2.45, 2.75) is 39.5 Å². The van der Waals surface area contributed by atoms with Gasteiger partial charge in [-0.25, -0.2) is 4.79 Å². The fourth-order valence-electron chi connectivity index (χ4n) is 2.33. The van der Waals surface area contributed by atoms with E-state index in [0.29, 0.717) is 18.0 Å². The zero-order valence-electron chi connectivity index (χ0n) is 13.6. The summed E-state index contributed by atoms with van der Waals surface area (Å²) in [5, 5.41) is 0. The summed E-state index contributed by atoms with van der Waals surface area (Å²) in [6, 6.07) is 7.07. The minimum atomic E-state index is -0.583. The monoisotopic (exact) mass is 314 g/mol. The molecule has 0 bridgehead atoms. The highest BCUT2D eigenvalue weighted by atomic mass is 16.5. The third-order valence-electron chi connectivity index (χ3n) is 3.63. The van der Waals surface area contributed by atoms with Crippen molar-refractivity contribution >= 4 is 5.97 Å². The summed E-state index contributed by atoms with van der Waals surface area (Å²) < 4.78 is 5.21. The lowest BCUT2D eigenvalue weighted by Gasteiger charge is -2.08. The molecule has 2 aromatic heterocycles. The first kappa shape index (κ1) is 16.9. The maximum atomic E-state index is 12.1. The van der Waals surface area contributed by atoms with E-state index in [1.165, 1.54) is 0 Å². The van der Waals surface area contributed by atoms with Gasteiger partial charge in [-0.2, -0.15) is 0 Å². The average molecular weight is 314 g/mol. The molecule has 0 aliphatic heterocycles. The Labute approximate surface area is 135 Å². The number of ether oxygens (including phenoxy) is 1. The highest BCUT2D eigenvalue weighted by Crippen LogP contribution is 2.19. The first-order chi connectivity index (χ1) is 11.1. The molecule has 0 amide bonds. The number of aryl methyl sites for hydroxylation is 1. The van der Waals surface area contributed by atoms with Gasteiger partial charge in [0.2, 0.25) is 0 Å². The van der Waals surface area contributed by atoms with Crippen molar-refractivity contribution in [2.75, 3.05) is 6.61 Å². The van der Waals surface area contributed by atoms with E-state index < -0.39 is 11.5 Å². The number of hydrogen-bond donors (Lipinski definition) is 1. The molecular weight excluding hydrogens is 292 g/mol. The van der Waals surface area contributed by atoms with Crippen LogP contribution in [0.2, 0.25) is 0 Å². The molecule has 0 unspecified atom stereocenters. The van der Waals surface area contributed by atoms with Crippen molar-refractivity contribution in [2.24, 2.45) is 0 Å². The third-order valence-corrected chi connectivity index (χ3v) is 3.63. The molecule has 0 aliphatic rings. The number of aromatic nitrogens is 2. The van der Waals surface area contributed by atoms with Crippen molar-refractivity contribution in [1.82, 2.24) is 9.97 Å². The summed E-state index contributed by atoms with van der Waals surface area (Å²) in [6.45, 7) is 4.24. The Kier molecular flexibility index (Phi) is 6.09. The minimum Gasteiger partial charge on any atom is -0.462 e. The number of nitrogens with zero attached hydrogens (tertiary/aromatic N) is 1. The summed E-state index contributed by atoms with van der Waals surface area (Å²) in [6.07, 6.45) is 5.75. The van der Waals surface area contributed by atoms with Crippen LogP contribution in [0.1, 0.15) is 48.7 Å². The second kappa shape index (κ2) is 8.27. The predicted octanol–water partition coefficient (Wildman–Crippen LogP) is 3.48. The molecule has 2 rings (SSSR count). The van der Waals surface area contributed by atoms with E-state index in [1.807, 2.05) is 18.2 Å². The standard InChI is InChI=1S/C18H22N2O3/c1-3-4-5-8-11-23-18(22)15-12-14(13(2)20-17(15)21)16-9-6-7-10-19-16/h6-7,9-10,12H,3-5,8,11H2,1-2H3,(H,20,21). The Balaban J connectivity index is 2.16. The van der Waals surface area contributed by atoms with Crippen LogP contribution in [-0.4, -0.2) is 22.5 Å². The number of carbonyl (C=O) groups excluding carboxylic acids is 1. The van der Waals surface area contributed by atoms with Crippen molar-refractivity contribution in [3.63, 3.8) is 0 Å². The van der Waals surface area contributed by atoms with Crippen molar-refractivity contribution in [3.8, 4) is 11.3 Å². The Morgan fingerprint density at radius 1 is 1.26 bits per heavy atom. The molecule has 0 aromatic carbocycles. The summed E-state index contributed by atoms with van der Waals surface area (Å²) in [5.74, 6) is -0.583. The molecule has 0 atom stereocenters. The highest BCUT2D eigenvalue weighted by Gasteiger charge is 2.16. The van der Waals surface area contributed by atoms with Crippen LogP contribution in [0.5, 0.6) is 0 Å². The van der Waals surface area contributed by atoms with Gasteiger partial charge in [0.05, 0.1) is 12.3 Å². The topological polar surface area (TPSA) is 72.0 Å². The highest BCUT2D eigenvalue weighted by molar-refractivity contribution is 5.90. The quantitative estimate of drug-likeness (QED) is 0.627. The Hall–Kier alpha value is -2.43. The molecule has 0 radical (unpaired) electrons. The predicted molar refractivity (Wildman–Crippen MR) is 89.5 cm³/mol. The maximum Gasteiger partial charge on any atom is 0.343 e. The Morgan fingerprint density at radius 2 is 2.09 bits per heavy atom. The van der Waals surface area contributed by atoms with Crippen LogP contribution in [0.4, 0.5) is 0 Å². The van der Waals surface area contributed by atoms with Crippen LogP contribution in [0.15, 0.2) is 35.3 Å². The zero-order chi connectivity index (χ0) is 16.7. The van der Waals surface area contributed by atoms with Crippen LogP contribution in [0.25, 0.3) is 11.3 Å². The molecule has 1 N–H and O–H groups in total. The van der Waals surface area contributed by atoms with Gasteiger partial charge in [0.25, 0.3) is 5.56 Å². The Bertz CT molecular complexity index is 708. The molecule has 5 nitrogen and oxygen atoms in total. The molecule has 23 heavy (non-hydrogen) atoms. The molecule has 0 spiro atoms. The molecule has 122 valence electrons. The van der Waals surface area contributed by atoms with E-state index in [0.717, 1.165) is 31.2 Å². The number of H-pyrrole nitrogens is 1. The van der Waals surface area contributed by atoms with E-state index in [9.17, 15) is 9.59 Å². The summed E-state index contributed by atoms with van der Waals surface area (Å²) >= 11 is 0. The van der Waals surface area contributed by atoms with Crippen molar-refractivity contribution in [1.29, 1.82) is 0 Å². The Morgan fingerprint density at radius 3 is 2.78 bits per heavy atom. The van der Waals surface area contributed by atoms with E-state index in [2.05, 4.69) is 16.9 Å². The fourth-order valence-corrected chi connectivity index (χ4v) is 2.33. The molecule has 0 saturated carbocycles. The van der Waals surface area contributed by atoms with Gasteiger partial charge in [-0.05, 0) is 31.5 Å². The number of nitrogens with one attached hydrogen (secondary N) is 1. The second-order valence-electron chi connectivity index (χ2n) is 5.46. The van der Waals surface area contributed by atoms with Gasteiger partial charge < -0.3 is 9.72 Å². The SMILES string of the molecule is CCCCCCOC(=O)c1cc(-c2ccccn2)c(C)[nH]c1=O. The van der Waals surface area contributed by atoms with Gasteiger partial charge in [-0.3, -0.25) is 9.78 Å². The van der Waals surface area contributed by atoms with Crippen LogP contribution in [-0.2, 0) is 4.74 Å². The molecular formula is C18H22N2O3. The third kappa shape index (κ3) is 4.52. The molecule has 2 aromatic rings.